The summed E-state index contributed by atoms with van der Waals surface area (Å²) in [6.45, 7) is 15.5. The van der Waals surface area contributed by atoms with Crippen LogP contribution in [0.15, 0.2) is 24.5 Å². The van der Waals surface area contributed by atoms with Crippen LogP contribution in [0, 0.1) is 19.3 Å². The molecule has 5 nitrogen and oxygen atoms in total. The molecule has 5 heteroatoms. The first-order valence-corrected chi connectivity index (χ1v) is 8.83. The highest BCUT2D eigenvalue weighted by Crippen LogP contribution is 2.35. The maximum Gasteiger partial charge on any atom is 0.252 e. The summed E-state index contributed by atoms with van der Waals surface area (Å²) < 4.78 is 1.93. The number of hydrogen-bond donors (Lipinski definition) is 2. The highest BCUT2D eigenvalue weighted by Gasteiger charge is 2.28. The number of H-pyrrole nitrogens is 1. The number of imidazole rings is 1. The molecule has 0 unspecified atom stereocenters. The van der Waals surface area contributed by atoms with Crippen molar-refractivity contribution in [1.82, 2.24) is 19.6 Å². The zero-order valence-electron chi connectivity index (χ0n) is 16.4. The standard InChI is InChI=1S/C20H29N5/c1-13-8-9-15(14(2)10-13)16-17(25-18(23-16)21-12-22-25)24-20(6,7)11-19(3,4)5/h8-10,12,24H,11H2,1-7H3,(H,21,22,23). The van der Waals surface area contributed by atoms with E-state index in [1.807, 2.05) is 4.52 Å². The summed E-state index contributed by atoms with van der Waals surface area (Å²) in [6, 6.07) is 6.47. The zero-order chi connectivity index (χ0) is 18.4. The summed E-state index contributed by atoms with van der Waals surface area (Å²) in [7, 11) is 0. The number of benzene rings is 1. The minimum Gasteiger partial charge on any atom is -0.363 e. The van der Waals surface area contributed by atoms with Crippen molar-refractivity contribution < 1.29 is 0 Å². The van der Waals surface area contributed by atoms with E-state index in [1.54, 1.807) is 6.33 Å². The van der Waals surface area contributed by atoms with Crippen LogP contribution in [-0.2, 0) is 0 Å². The number of fused-ring (bicyclic) bond motifs is 1. The van der Waals surface area contributed by atoms with E-state index in [9.17, 15) is 0 Å². The molecule has 0 atom stereocenters. The van der Waals surface area contributed by atoms with E-state index in [4.69, 9.17) is 4.98 Å². The Labute approximate surface area is 149 Å². The fraction of sp³-hybridized carbons (Fsp3) is 0.500. The lowest BCUT2D eigenvalue weighted by atomic mass is 9.82. The van der Waals surface area contributed by atoms with Crippen molar-refractivity contribution in [3.8, 4) is 11.3 Å². The Morgan fingerprint density at radius 2 is 1.84 bits per heavy atom. The lowest BCUT2D eigenvalue weighted by Crippen LogP contribution is -2.36. The Bertz CT molecular complexity index is 893. The molecule has 0 bridgehead atoms. The van der Waals surface area contributed by atoms with Gasteiger partial charge < -0.3 is 5.32 Å². The molecule has 2 heterocycles. The van der Waals surface area contributed by atoms with Crippen LogP contribution in [0.4, 0.5) is 5.82 Å². The second-order valence-electron chi connectivity index (χ2n) is 8.90. The number of nitrogens with zero attached hydrogens (tertiary/aromatic N) is 3. The van der Waals surface area contributed by atoms with Gasteiger partial charge in [-0.25, -0.2) is 14.5 Å². The molecule has 0 aliphatic carbocycles. The van der Waals surface area contributed by atoms with E-state index >= 15 is 0 Å². The number of aromatic amines is 1. The average Bonchev–Trinajstić information content (AvgIpc) is 2.99. The summed E-state index contributed by atoms with van der Waals surface area (Å²) in [5, 5.41) is 6.90. The molecular formula is C20H29N5. The van der Waals surface area contributed by atoms with E-state index in [1.165, 1.54) is 11.1 Å². The monoisotopic (exact) mass is 339 g/mol. The van der Waals surface area contributed by atoms with Crippen LogP contribution < -0.4 is 5.32 Å². The molecule has 1 aromatic carbocycles. The number of anilines is 1. The molecule has 3 aromatic rings. The molecule has 3 rings (SSSR count). The summed E-state index contributed by atoms with van der Waals surface area (Å²) in [5.41, 5.74) is 4.71. The van der Waals surface area contributed by atoms with Crippen molar-refractivity contribution in [3.05, 3.63) is 35.7 Å². The first-order valence-electron chi connectivity index (χ1n) is 8.83. The quantitative estimate of drug-likeness (QED) is 0.705. The van der Waals surface area contributed by atoms with Crippen LogP contribution in [0.3, 0.4) is 0 Å². The van der Waals surface area contributed by atoms with E-state index in [0.717, 1.165) is 23.5 Å². The van der Waals surface area contributed by atoms with Gasteiger partial charge in [-0.15, -0.1) is 0 Å². The lowest BCUT2D eigenvalue weighted by Gasteiger charge is -2.34. The zero-order valence-corrected chi connectivity index (χ0v) is 16.4. The number of nitrogens with one attached hydrogen (secondary N) is 2. The van der Waals surface area contributed by atoms with Crippen LogP contribution in [-0.4, -0.2) is 25.1 Å². The fourth-order valence-corrected chi connectivity index (χ4v) is 3.83. The van der Waals surface area contributed by atoms with E-state index < -0.39 is 0 Å². The maximum atomic E-state index is 4.77. The Kier molecular flexibility index (Phi) is 4.13. The van der Waals surface area contributed by atoms with Crippen molar-refractivity contribution in [2.45, 2.75) is 60.4 Å². The molecule has 0 amide bonds. The predicted octanol–water partition coefficient (Wildman–Crippen LogP) is 4.97. The van der Waals surface area contributed by atoms with Crippen molar-refractivity contribution in [2.24, 2.45) is 5.41 Å². The maximum absolute atomic E-state index is 4.77. The van der Waals surface area contributed by atoms with Gasteiger partial charge in [-0.2, -0.15) is 0 Å². The molecule has 0 aliphatic heterocycles. The van der Waals surface area contributed by atoms with Gasteiger partial charge in [0.1, 0.15) is 12.0 Å². The molecule has 0 spiro atoms. The van der Waals surface area contributed by atoms with Crippen LogP contribution in [0.5, 0.6) is 0 Å². The molecule has 2 aromatic heterocycles. The van der Waals surface area contributed by atoms with E-state index in [2.05, 4.69) is 82.1 Å². The SMILES string of the molecule is Cc1ccc(-c2nc3nc[nH]n3c2NC(C)(C)CC(C)(C)C)c(C)c1. The van der Waals surface area contributed by atoms with Gasteiger partial charge in [-0.05, 0) is 45.1 Å². The Morgan fingerprint density at radius 1 is 1.12 bits per heavy atom. The molecule has 0 aliphatic rings. The van der Waals surface area contributed by atoms with Crippen LogP contribution in [0.2, 0.25) is 0 Å². The van der Waals surface area contributed by atoms with Gasteiger partial charge in [0.05, 0.1) is 0 Å². The first kappa shape index (κ1) is 17.5. The number of hydrogen-bond acceptors (Lipinski definition) is 3. The average molecular weight is 339 g/mol. The molecule has 0 radical (unpaired) electrons. The van der Waals surface area contributed by atoms with Crippen molar-refractivity contribution in [3.63, 3.8) is 0 Å². The van der Waals surface area contributed by atoms with Crippen molar-refractivity contribution in [1.29, 1.82) is 0 Å². The number of rotatable bonds is 4. The molecule has 0 saturated carbocycles. The smallest absolute Gasteiger partial charge is 0.252 e. The van der Waals surface area contributed by atoms with Gasteiger partial charge in [0, 0.05) is 11.1 Å². The van der Waals surface area contributed by atoms with Gasteiger partial charge in [-0.1, -0.05) is 44.5 Å². The Balaban J connectivity index is 2.09. The highest BCUT2D eigenvalue weighted by atomic mass is 15.4. The van der Waals surface area contributed by atoms with Crippen molar-refractivity contribution in [2.75, 3.05) is 5.32 Å². The topological polar surface area (TPSA) is 58.0 Å². The van der Waals surface area contributed by atoms with Crippen LogP contribution in [0.25, 0.3) is 17.0 Å². The minimum absolute atomic E-state index is 0.0767. The highest BCUT2D eigenvalue weighted by molar-refractivity contribution is 5.78. The summed E-state index contributed by atoms with van der Waals surface area (Å²) in [4.78, 5) is 9.11. The van der Waals surface area contributed by atoms with E-state index in [-0.39, 0.29) is 11.0 Å². The Morgan fingerprint density at radius 3 is 2.48 bits per heavy atom. The van der Waals surface area contributed by atoms with Crippen LogP contribution in [0.1, 0.15) is 52.2 Å². The van der Waals surface area contributed by atoms with Crippen LogP contribution >= 0.6 is 0 Å². The molecule has 2 N–H and O–H groups in total. The summed E-state index contributed by atoms with van der Waals surface area (Å²) >= 11 is 0. The van der Waals surface area contributed by atoms with Gasteiger partial charge in [0.25, 0.3) is 5.78 Å². The first-order chi connectivity index (χ1) is 11.6. The molecule has 0 fully saturated rings. The van der Waals surface area contributed by atoms with E-state index in [0.29, 0.717) is 5.78 Å². The summed E-state index contributed by atoms with van der Waals surface area (Å²) in [5.74, 6) is 1.65. The second kappa shape index (κ2) is 5.90. The third-order valence-corrected chi connectivity index (χ3v) is 4.29. The largest absolute Gasteiger partial charge is 0.363 e. The molecule has 134 valence electrons. The Hall–Kier alpha value is -2.30. The predicted molar refractivity (Wildman–Crippen MR) is 104 cm³/mol. The van der Waals surface area contributed by atoms with Crippen molar-refractivity contribution >= 4 is 11.6 Å². The van der Waals surface area contributed by atoms with Gasteiger partial charge >= 0.3 is 0 Å². The molecule has 0 saturated heterocycles. The van der Waals surface area contributed by atoms with Gasteiger partial charge in [0.15, 0.2) is 5.82 Å². The minimum atomic E-state index is -0.0767. The second-order valence-corrected chi connectivity index (χ2v) is 8.90. The third-order valence-electron chi connectivity index (χ3n) is 4.29. The normalized spacial score (nSPS) is 12.8. The molecular weight excluding hydrogens is 310 g/mol. The fourth-order valence-electron chi connectivity index (χ4n) is 3.83. The van der Waals surface area contributed by atoms with Gasteiger partial charge in [0.2, 0.25) is 0 Å². The lowest BCUT2D eigenvalue weighted by molar-refractivity contribution is 0.302. The summed E-state index contributed by atoms with van der Waals surface area (Å²) in [6.07, 6.45) is 2.71. The van der Waals surface area contributed by atoms with Gasteiger partial charge in [-0.3, -0.25) is 5.10 Å². The number of aryl methyl sites for hydroxylation is 2. The third kappa shape index (κ3) is 3.70. The number of aromatic nitrogens is 4. The molecule has 25 heavy (non-hydrogen) atoms.